The molecule has 1 aliphatic heterocycles. The van der Waals surface area contributed by atoms with Gasteiger partial charge in [0.25, 0.3) is 0 Å². The maximum absolute atomic E-state index is 12.3. The molecule has 0 aromatic heterocycles. The molecule has 4 nitrogen and oxygen atoms in total. The largest absolute Gasteiger partial charge is 0.504 e. The third-order valence-electron chi connectivity index (χ3n) is 6.25. The van der Waals surface area contributed by atoms with Gasteiger partial charge in [-0.1, -0.05) is 6.07 Å². The number of rotatable bonds is 1. The van der Waals surface area contributed by atoms with Crippen LogP contribution in [0.2, 0.25) is 0 Å². The number of likely N-dealkylation sites (tertiary alicyclic amines) is 1. The molecule has 1 saturated heterocycles. The van der Waals surface area contributed by atoms with Crippen molar-refractivity contribution in [3.8, 4) is 11.5 Å². The lowest BCUT2D eigenvalue weighted by Gasteiger charge is -2.58. The average Bonchev–Trinajstić information content (AvgIpc) is 2.51. The number of ketones is 1. The second-order valence-corrected chi connectivity index (χ2v) is 7.17. The molecule has 1 aromatic carbocycles. The van der Waals surface area contributed by atoms with Crippen molar-refractivity contribution < 1.29 is 14.6 Å². The van der Waals surface area contributed by atoms with Crippen LogP contribution in [0.15, 0.2) is 12.1 Å². The molecule has 4 heteroatoms. The number of benzene rings is 1. The highest BCUT2D eigenvalue weighted by Gasteiger charge is 2.56. The Morgan fingerprint density at radius 3 is 3.00 bits per heavy atom. The molecule has 4 rings (SSSR count). The molecule has 2 bridgehead atoms. The first kappa shape index (κ1) is 14.1. The van der Waals surface area contributed by atoms with Crippen LogP contribution in [0.3, 0.4) is 0 Å². The Kier molecular flexibility index (Phi) is 3.02. The number of carbonyl (C=O) groups excluding carboxylic acids is 1. The number of aromatic hydroxyl groups is 1. The van der Waals surface area contributed by atoms with Crippen LogP contribution in [0.4, 0.5) is 0 Å². The smallest absolute Gasteiger partial charge is 0.164 e. The lowest BCUT2D eigenvalue weighted by atomic mass is 9.52. The van der Waals surface area contributed by atoms with Gasteiger partial charge in [0.2, 0.25) is 0 Å². The molecule has 2 aliphatic carbocycles. The number of phenols is 1. The monoisotopic (exact) mass is 301 g/mol. The van der Waals surface area contributed by atoms with Gasteiger partial charge < -0.3 is 14.7 Å². The van der Waals surface area contributed by atoms with Gasteiger partial charge in [-0.3, -0.25) is 4.79 Å². The van der Waals surface area contributed by atoms with E-state index in [9.17, 15) is 9.90 Å². The van der Waals surface area contributed by atoms with Crippen molar-refractivity contribution >= 4 is 5.78 Å². The molecule has 1 saturated carbocycles. The SMILES string of the molecule is COc1c(O)ccc2c1C13CCN(C)C(C2)C1CCC(=O)C3. The van der Waals surface area contributed by atoms with Gasteiger partial charge in [-0.2, -0.15) is 0 Å². The highest BCUT2D eigenvalue weighted by Crippen LogP contribution is 2.58. The van der Waals surface area contributed by atoms with Crippen molar-refractivity contribution in [1.82, 2.24) is 4.90 Å². The van der Waals surface area contributed by atoms with Gasteiger partial charge in [-0.05, 0) is 50.4 Å². The number of carbonyl (C=O) groups is 1. The molecule has 118 valence electrons. The summed E-state index contributed by atoms with van der Waals surface area (Å²) in [4.78, 5) is 14.7. The zero-order valence-corrected chi connectivity index (χ0v) is 13.3. The number of hydrogen-bond donors (Lipinski definition) is 1. The number of ether oxygens (including phenoxy) is 1. The van der Waals surface area contributed by atoms with Crippen LogP contribution < -0.4 is 4.74 Å². The average molecular weight is 301 g/mol. The molecule has 3 unspecified atom stereocenters. The molecule has 3 aliphatic rings. The van der Waals surface area contributed by atoms with Gasteiger partial charge in [0, 0.05) is 29.9 Å². The topological polar surface area (TPSA) is 49.8 Å². The maximum Gasteiger partial charge on any atom is 0.164 e. The number of phenolic OH excluding ortho intramolecular Hbond substituents is 1. The van der Waals surface area contributed by atoms with Crippen LogP contribution in [0.5, 0.6) is 11.5 Å². The summed E-state index contributed by atoms with van der Waals surface area (Å²) in [5.74, 6) is 1.65. The molecule has 0 radical (unpaired) electrons. The van der Waals surface area contributed by atoms with E-state index in [-0.39, 0.29) is 11.2 Å². The molecular formula is C18H23NO3. The van der Waals surface area contributed by atoms with Gasteiger partial charge in [0.1, 0.15) is 5.78 Å². The highest BCUT2D eigenvalue weighted by atomic mass is 16.5. The van der Waals surface area contributed by atoms with Crippen molar-refractivity contribution in [2.24, 2.45) is 5.92 Å². The van der Waals surface area contributed by atoms with Crippen molar-refractivity contribution in [2.75, 3.05) is 20.7 Å². The predicted molar refractivity (Wildman–Crippen MR) is 83.4 cm³/mol. The number of methoxy groups -OCH3 is 1. The summed E-state index contributed by atoms with van der Waals surface area (Å²) in [6.45, 7) is 1.01. The third kappa shape index (κ3) is 1.70. The van der Waals surface area contributed by atoms with Gasteiger partial charge in [-0.15, -0.1) is 0 Å². The van der Waals surface area contributed by atoms with Gasteiger partial charge in [0.15, 0.2) is 11.5 Å². The van der Waals surface area contributed by atoms with Gasteiger partial charge >= 0.3 is 0 Å². The highest BCUT2D eigenvalue weighted by molar-refractivity contribution is 5.82. The standard InChI is InChI=1S/C18H23NO3/c1-19-8-7-18-10-12(20)4-5-13(18)14(19)9-11-3-6-15(21)17(22-2)16(11)18/h3,6,13-14,21H,4-5,7-10H2,1-2H3. The van der Waals surface area contributed by atoms with E-state index >= 15 is 0 Å². The van der Waals surface area contributed by atoms with Crippen LogP contribution >= 0.6 is 0 Å². The van der Waals surface area contributed by atoms with E-state index in [0.717, 1.165) is 31.4 Å². The Morgan fingerprint density at radius 1 is 1.41 bits per heavy atom. The second-order valence-electron chi connectivity index (χ2n) is 7.17. The summed E-state index contributed by atoms with van der Waals surface area (Å²) >= 11 is 0. The Bertz CT molecular complexity index is 641. The Balaban J connectivity index is 1.97. The van der Waals surface area contributed by atoms with Crippen LogP contribution in [0.1, 0.15) is 36.8 Å². The van der Waals surface area contributed by atoms with E-state index in [1.165, 1.54) is 5.56 Å². The number of likely N-dealkylation sites (N-methyl/N-ethyl adjacent to an activating group) is 1. The molecule has 1 heterocycles. The summed E-state index contributed by atoms with van der Waals surface area (Å²) < 4.78 is 5.57. The van der Waals surface area contributed by atoms with Crippen molar-refractivity contribution in [2.45, 2.75) is 43.6 Å². The van der Waals surface area contributed by atoms with Crippen molar-refractivity contribution in [3.63, 3.8) is 0 Å². The summed E-state index contributed by atoms with van der Waals surface area (Å²) in [6.07, 6.45) is 4.24. The summed E-state index contributed by atoms with van der Waals surface area (Å²) in [5.41, 5.74) is 2.24. The van der Waals surface area contributed by atoms with Crippen LogP contribution in [-0.4, -0.2) is 42.5 Å². The molecule has 0 spiro atoms. The summed E-state index contributed by atoms with van der Waals surface area (Å²) in [5, 5.41) is 10.2. The third-order valence-corrected chi connectivity index (χ3v) is 6.25. The lowest BCUT2D eigenvalue weighted by Crippen LogP contribution is -2.61. The van der Waals surface area contributed by atoms with E-state index in [1.54, 1.807) is 13.2 Å². The van der Waals surface area contributed by atoms with Gasteiger partial charge in [0.05, 0.1) is 7.11 Å². The van der Waals surface area contributed by atoms with Crippen molar-refractivity contribution in [3.05, 3.63) is 23.3 Å². The van der Waals surface area contributed by atoms with E-state index in [1.807, 2.05) is 6.07 Å². The zero-order chi connectivity index (χ0) is 15.5. The number of nitrogens with zero attached hydrogens (tertiary/aromatic N) is 1. The second kappa shape index (κ2) is 4.72. The fourth-order valence-electron chi connectivity index (χ4n) is 5.30. The first-order chi connectivity index (χ1) is 10.6. The van der Waals surface area contributed by atoms with E-state index in [4.69, 9.17) is 4.74 Å². The van der Waals surface area contributed by atoms with Crippen LogP contribution in [-0.2, 0) is 16.6 Å². The minimum atomic E-state index is -0.135. The Morgan fingerprint density at radius 2 is 2.23 bits per heavy atom. The normalized spacial score (nSPS) is 34.0. The van der Waals surface area contributed by atoms with Crippen LogP contribution in [0.25, 0.3) is 0 Å². The quantitative estimate of drug-likeness (QED) is 0.864. The summed E-state index contributed by atoms with van der Waals surface area (Å²) in [7, 11) is 3.82. The van der Waals surface area contributed by atoms with E-state index in [0.29, 0.717) is 36.3 Å². The van der Waals surface area contributed by atoms with E-state index in [2.05, 4.69) is 11.9 Å². The van der Waals surface area contributed by atoms with E-state index < -0.39 is 0 Å². The number of piperidine rings is 1. The molecule has 1 aromatic rings. The number of fused-ring (bicyclic) bond motifs is 1. The fraction of sp³-hybridized carbons (Fsp3) is 0.611. The van der Waals surface area contributed by atoms with Gasteiger partial charge in [-0.25, -0.2) is 0 Å². The molecule has 3 atom stereocenters. The molecule has 2 fully saturated rings. The fourth-order valence-corrected chi connectivity index (χ4v) is 5.30. The van der Waals surface area contributed by atoms with Crippen molar-refractivity contribution in [1.29, 1.82) is 0 Å². The predicted octanol–water partition coefficient (Wildman–Crippen LogP) is 2.27. The number of Topliss-reactive ketones (excluding diaryl/α,β-unsaturated/α-hetero) is 1. The molecule has 22 heavy (non-hydrogen) atoms. The molecule has 1 N–H and O–H groups in total. The minimum absolute atomic E-state index is 0.135. The minimum Gasteiger partial charge on any atom is -0.504 e. The Labute approximate surface area is 131 Å². The Hall–Kier alpha value is -1.55. The van der Waals surface area contributed by atoms with Crippen LogP contribution in [0, 0.1) is 5.92 Å². The summed E-state index contributed by atoms with van der Waals surface area (Å²) in [6, 6.07) is 4.26. The first-order valence-corrected chi connectivity index (χ1v) is 8.18. The molecule has 0 amide bonds. The zero-order valence-electron chi connectivity index (χ0n) is 13.3. The number of hydrogen-bond acceptors (Lipinski definition) is 4. The first-order valence-electron chi connectivity index (χ1n) is 8.18. The maximum atomic E-state index is 12.3. The molecular weight excluding hydrogens is 278 g/mol. The lowest BCUT2D eigenvalue weighted by molar-refractivity contribution is -0.127.